The minimum absolute atomic E-state index is 0.444. The molecule has 8 aromatic carbocycles. The van der Waals surface area contributed by atoms with Crippen LogP contribution in [0.25, 0.3) is 54.3 Å². The van der Waals surface area contributed by atoms with E-state index >= 15 is 0 Å². The molecule has 0 saturated heterocycles. The van der Waals surface area contributed by atoms with Crippen molar-refractivity contribution in [1.29, 1.82) is 0 Å². The van der Waals surface area contributed by atoms with Crippen LogP contribution in [-0.2, 0) is 5.41 Å². The highest BCUT2D eigenvalue weighted by Gasteiger charge is 2.51. The van der Waals surface area contributed by atoms with Crippen LogP contribution in [0.1, 0.15) is 22.3 Å². The highest BCUT2D eigenvalue weighted by Crippen LogP contribution is 2.63. The van der Waals surface area contributed by atoms with Crippen molar-refractivity contribution in [2.75, 3.05) is 18.1 Å². The number of hydrogen-bond acceptors (Lipinski definition) is 4. The van der Waals surface area contributed by atoms with Gasteiger partial charge in [0.2, 0.25) is 0 Å². The minimum Gasteiger partial charge on any atom is -0.485 e. The number of ether oxygens (including phenoxy) is 2. The summed E-state index contributed by atoms with van der Waals surface area (Å²) in [6, 6.07) is 73.1. The Labute approximate surface area is 348 Å². The lowest BCUT2D eigenvalue weighted by molar-refractivity contribution is 0.175. The molecule has 59 heavy (non-hydrogen) atoms. The summed E-state index contributed by atoms with van der Waals surface area (Å²) in [5.74, 6) is 1.67. The van der Waals surface area contributed by atoms with Crippen LogP contribution in [-0.4, -0.2) is 13.2 Å². The zero-order valence-corrected chi connectivity index (χ0v) is 33.0. The third kappa shape index (κ3) is 5.06. The van der Waals surface area contributed by atoms with E-state index in [2.05, 4.69) is 199 Å². The van der Waals surface area contributed by atoms with Gasteiger partial charge in [0.15, 0.2) is 11.5 Å². The van der Waals surface area contributed by atoms with Crippen molar-refractivity contribution in [3.63, 3.8) is 0 Å². The summed E-state index contributed by atoms with van der Waals surface area (Å²) in [5, 5.41) is 0. The second-order valence-corrected chi connectivity index (χ2v) is 16.4. The van der Waals surface area contributed by atoms with Gasteiger partial charge in [-0.15, -0.1) is 11.3 Å². The second kappa shape index (κ2) is 13.5. The van der Waals surface area contributed by atoms with E-state index in [0.29, 0.717) is 13.2 Å². The summed E-state index contributed by atoms with van der Waals surface area (Å²) in [4.78, 5) is 4.62. The maximum absolute atomic E-state index is 6.33. The maximum atomic E-state index is 6.33. The van der Waals surface area contributed by atoms with Gasteiger partial charge < -0.3 is 14.4 Å². The van der Waals surface area contributed by atoms with Gasteiger partial charge in [0.05, 0.1) is 20.9 Å². The van der Waals surface area contributed by atoms with E-state index in [-0.39, 0.29) is 0 Å². The standard InChI is InChI=1S/C55H37NO2S/c1-3-15-36(16-4-1)41-19-10-14-26-50(41)56(39-29-27-38(28-30-39)54-52-51(57-33-34-58-52)53(59-54)37-17-5-2-6-18-37)40-31-32-45-44-22-9-13-25-48(44)55(49(45)35-40)46-23-11-7-20-42(46)43-21-8-12-24-47(43)55/h1-32,35H,33-34H2. The molecule has 0 amide bonds. The number of nitrogens with zero attached hydrogens (tertiary/aromatic N) is 1. The van der Waals surface area contributed by atoms with Crippen molar-refractivity contribution in [1.82, 2.24) is 0 Å². The lowest BCUT2D eigenvalue weighted by Crippen LogP contribution is -2.26. The summed E-state index contributed by atoms with van der Waals surface area (Å²) in [7, 11) is 0. The van der Waals surface area contributed by atoms with E-state index in [0.717, 1.165) is 55.0 Å². The zero-order chi connectivity index (χ0) is 38.9. The summed E-state index contributed by atoms with van der Waals surface area (Å²) < 4.78 is 12.6. The molecule has 0 atom stereocenters. The van der Waals surface area contributed by atoms with Crippen molar-refractivity contribution in [3.8, 4) is 65.8 Å². The summed E-state index contributed by atoms with van der Waals surface area (Å²) in [6.45, 7) is 1.08. The van der Waals surface area contributed by atoms with Crippen molar-refractivity contribution in [2.45, 2.75) is 5.41 Å². The van der Waals surface area contributed by atoms with Gasteiger partial charge in [-0.25, -0.2) is 0 Å². The molecule has 2 heterocycles. The van der Waals surface area contributed by atoms with Crippen molar-refractivity contribution >= 4 is 28.4 Å². The van der Waals surface area contributed by atoms with Crippen LogP contribution in [0.2, 0.25) is 0 Å². The Bertz CT molecular complexity index is 3000. The third-order valence-corrected chi connectivity index (χ3v) is 13.5. The first-order chi connectivity index (χ1) is 29.3. The third-order valence-electron chi connectivity index (χ3n) is 12.3. The Kier molecular flexibility index (Phi) is 7.75. The largest absolute Gasteiger partial charge is 0.485 e. The Morgan fingerprint density at radius 3 is 1.39 bits per heavy atom. The molecule has 280 valence electrons. The molecule has 0 unspecified atom stereocenters. The molecule has 0 fully saturated rings. The molecule has 0 bridgehead atoms. The van der Waals surface area contributed by atoms with Gasteiger partial charge in [-0.05, 0) is 91.5 Å². The molecule has 3 nitrogen and oxygen atoms in total. The fourth-order valence-electron chi connectivity index (χ4n) is 9.86. The Morgan fingerprint density at radius 1 is 0.373 bits per heavy atom. The van der Waals surface area contributed by atoms with E-state index in [1.54, 1.807) is 11.3 Å². The monoisotopic (exact) mass is 775 g/mol. The van der Waals surface area contributed by atoms with E-state index in [1.807, 2.05) is 6.07 Å². The first-order valence-corrected chi connectivity index (χ1v) is 21.1. The molecule has 3 aliphatic rings. The molecule has 0 saturated carbocycles. The molecule has 0 N–H and O–H groups in total. The second-order valence-electron chi connectivity index (χ2n) is 15.4. The van der Waals surface area contributed by atoms with E-state index in [1.165, 1.54) is 50.1 Å². The number of benzene rings is 8. The number of rotatable bonds is 6. The lowest BCUT2D eigenvalue weighted by Gasteiger charge is -2.32. The minimum atomic E-state index is -0.444. The highest BCUT2D eigenvalue weighted by atomic mass is 32.1. The molecule has 1 aliphatic heterocycles. The van der Waals surface area contributed by atoms with Gasteiger partial charge in [0, 0.05) is 16.9 Å². The molecule has 9 aromatic rings. The number of para-hydroxylation sites is 1. The molecule has 1 aromatic heterocycles. The van der Waals surface area contributed by atoms with Gasteiger partial charge in [-0.2, -0.15) is 0 Å². The van der Waals surface area contributed by atoms with Crippen LogP contribution < -0.4 is 14.4 Å². The molecule has 12 rings (SSSR count). The first kappa shape index (κ1) is 33.9. The zero-order valence-electron chi connectivity index (χ0n) is 32.1. The van der Waals surface area contributed by atoms with Crippen molar-refractivity contribution in [2.24, 2.45) is 0 Å². The first-order valence-electron chi connectivity index (χ1n) is 20.3. The normalized spacial score (nSPS) is 13.7. The average Bonchev–Trinajstić information content (AvgIpc) is 3.95. The fourth-order valence-corrected chi connectivity index (χ4v) is 11.1. The van der Waals surface area contributed by atoms with Gasteiger partial charge in [0.25, 0.3) is 0 Å². The SMILES string of the molecule is c1ccc(-c2ccccc2N(c2ccc(-c3sc(-c4ccccc4)c4c3OCCO4)cc2)c2ccc3c(c2)C2(c4ccccc4-c4ccccc42)c2ccccc2-3)cc1. The van der Waals surface area contributed by atoms with Crippen molar-refractivity contribution < 1.29 is 9.47 Å². The number of thiophene rings is 1. The molecule has 2 aliphatic carbocycles. The number of anilines is 3. The smallest absolute Gasteiger partial charge is 0.180 e. The predicted octanol–water partition coefficient (Wildman–Crippen LogP) is 14.3. The fraction of sp³-hybridized carbons (Fsp3) is 0.0545. The lowest BCUT2D eigenvalue weighted by atomic mass is 9.70. The summed E-state index contributed by atoms with van der Waals surface area (Å²) in [5.41, 5.74) is 17.9. The topological polar surface area (TPSA) is 21.7 Å². The molecule has 1 spiro atoms. The van der Waals surface area contributed by atoms with Crippen LogP contribution in [0.3, 0.4) is 0 Å². The molecular weight excluding hydrogens is 739 g/mol. The van der Waals surface area contributed by atoms with Crippen LogP contribution >= 0.6 is 11.3 Å². The summed E-state index contributed by atoms with van der Waals surface area (Å²) >= 11 is 1.73. The molecular formula is C55H37NO2S. The Morgan fingerprint density at radius 2 is 0.814 bits per heavy atom. The van der Waals surface area contributed by atoms with Crippen LogP contribution in [0, 0.1) is 0 Å². The quantitative estimate of drug-likeness (QED) is 0.168. The predicted molar refractivity (Wildman–Crippen MR) is 243 cm³/mol. The van der Waals surface area contributed by atoms with E-state index in [9.17, 15) is 0 Å². The number of fused-ring (bicyclic) bond motifs is 11. The van der Waals surface area contributed by atoms with Crippen LogP contribution in [0.15, 0.2) is 200 Å². The van der Waals surface area contributed by atoms with Crippen molar-refractivity contribution in [3.05, 3.63) is 222 Å². The van der Waals surface area contributed by atoms with Gasteiger partial charge in [-0.3, -0.25) is 0 Å². The Hall–Kier alpha value is -7.14. The van der Waals surface area contributed by atoms with Gasteiger partial charge >= 0.3 is 0 Å². The van der Waals surface area contributed by atoms with E-state index < -0.39 is 5.41 Å². The maximum Gasteiger partial charge on any atom is 0.180 e. The summed E-state index contributed by atoms with van der Waals surface area (Å²) in [6.07, 6.45) is 0. The highest BCUT2D eigenvalue weighted by molar-refractivity contribution is 7.19. The Balaban J connectivity index is 1.06. The molecule has 0 radical (unpaired) electrons. The molecule has 4 heteroatoms. The van der Waals surface area contributed by atoms with Crippen LogP contribution in [0.5, 0.6) is 11.5 Å². The van der Waals surface area contributed by atoms with Gasteiger partial charge in [0.1, 0.15) is 13.2 Å². The van der Waals surface area contributed by atoms with E-state index in [4.69, 9.17) is 9.47 Å². The van der Waals surface area contributed by atoms with Gasteiger partial charge in [-0.1, -0.05) is 170 Å². The van der Waals surface area contributed by atoms with Crippen LogP contribution in [0.4, 0.5) is 17.1 Å². The average molecular weight is 776 g/mol. The number of hydrogen-bond donors (Lipinski definition) is 0.